The Bertz CT molecular complexity index is 1310. The summed E-state index contributed by atoms with van der Waals surface area (Å²) in [6.45, 7) is 1.19. The van der Waals surface area contributed by atoms with Gasteiger partial charge >= 0.3 is 0 Å². The molecule has 1 unspecified atom stereocenters. The van der Waals surface area contributed by atoms with E-state index in [1.165, 1.54) is 0 Å². The Morgan fingerprint density at radius 1 is 1.10 bits per heavy atom. The number of amides is 1. The highest BCUT2D eigenvalue weighted by Gasteiger charge is 2.42. The van der Waals surface area contributed by atoms with Gasteiger partial charge in [-0.15, -0.1) is 0 Å². The first-order valence-electron chi connectivity index (χ1n) is 10.1. The van der Waals surface area contributed by atoms with Crippen LogP contribution in [-0.2, 0) is 6.54 Å². The van der Waals surface area contributed by atoms with Crippen molar-refractivity contribution >= 4 is 16.9 Å². The third-order valence-electron chi connectivity index (χ3n) is 5.66. The zero-order valence-corrected chi connectivity index (χ0v) is 17.0. The molecule has 1 amide bonds. The summed E-state index contributed by atoms with van der Waals surface area (Å²) in [6, 6.07) is 14.0. The second-order valence-corrected chi connectivity index (χ2v) is 7.50. The van der Waals surface area contributed by atoms with Crippen molar-refractivity contribution < 1.29 is 13.9 Å². The second-order valence-electron chi connectivity index (χ2n) is 7.50. The number of aromatic nitrogens is 2. The predicted molar refractivity (Wildman–Crippen MR) is 115 cm³/mol. The fraction of sp³-hybridized carbons (Fsp3) is 0.208. The van der Waals surface area contributed by atoms with Gasteiger partial charge in [-0.3, -0.25) is 9.59 Å². The zero-order chi connectivity index (χ0) is 21.4. The van der Waals surface area contributed by atoms with E-state index in [-0.39, 0.29) is 17.1 Å². The molecule has 0 saturated heterocycles. The largest absolute Gasteiger partial charge is 0.497 e. The lowest BCUT2D eigenvalue weighted by Gasteiger charge is -2.25. The number of hydrogen-bond acceptors (Lipinski definition) is 5. The standard InChI is InChI=1S/C24H21N3O4/c1-30-17-7-4-6-16(14-17)21-20-22(28)18-8-2-3-9-19(18)31-23(20)24(29)27(21)12-5-11-26-13-10-25-15-26/h2-4,6-10,13-15,21H,5,11-12H2,1H3. The maximum absolute atomic E-state index is 13.4. The predicted octanol–water partition coefficient (Wildman–Crippen LogP) is 3.63. The van der Waals surface area contributed by atoms with Gasteiger partial charge in [0.05, 0.1) is 30.4 Å². The molecule has 0 bridgehead atoms. The fourth-order valence-electron chi connectivity index (χ4n) is 4.20. The Morgan fingerprint density at radius 2 is 1.97 bits per heavy atom. The van der Waals surface area contributed by atoms with Gasteiger partial charge in [-0.05, 0) is 36.2 Å². The average molecular weight is 415 g/mol. The van der Waals surface area contributed by atoms with Crippen molar-refractivity contribution in [3.8, 4) is 5.75 Å². The van der Waals surface area contributed by atoms with Gasteiger partial charge in [-0.25, -0.2) is 4.98 Å². The quantitative estimate of drug-likeness (QED) is 0.481. The lowest BCUT2D eigenvalue weighted by Crippen LogP contribution is -2.31. The van der Waals surface area contributed by atoms with Crippen LogP contribution in [0.1, 0.15) is 34.1 Å². The Kier molecular flexibility index (Phi) is 4.78. The fourth-order valence-corrected chi connectivity index (χ4v) is 4.20. The van der Waals surface area contributed by atoms with Gasteiger partial charge in [-0.1, -0.05) is 24.3 Å². The number of aryl methyl sites for hydroxylation is 1. The van der Waals surface area contributed by atoms with Crippen molar-refractivity contribution in [1.29, 1.82) is 0 Å². The van der Waals surface area contributed by atoms with Crippen LogP contribution in [0.2, 0.25) is 0 Å². The lowest BCUT2D eigenvalue weighted by atomic mass is 9.98. The molecular weight excluding hydrogens is 394 g/mol. The first-order chi connectivity index (χ1) is 15.2. The minimum Gasteiger partial charge on any atom is -0.497 e. The highest BCUT2D eigenvalue weighted by Crippen LogP contribution is 2.39. The molecule has 0 spiro atoms. The Labute approximate surface area is 178 Å². The molecule has 1 aliphatic rings. The SMILES string of the molecule is COc1cccc(C2c3c(oc4ccccc4c3=O)C(=O)N2CCCn2ccnc2)c1. The van der Waals surface area contributed by atoms with Gasteiger partial charge in [0.15, 0.2) is 5.43 Å². The summed E-state index contributed by atoms with van der Waals surface area (Å²) in [5, 5.41) is 0.474. The van der Waals surface area contributed by atoms with Gasteiger partial charge in [0, 0.05) is 25.5 Å². The van der Waals surface area contributed by atoms with Crippen LogP contribution < -0.4 is 10.2 Å². The second kappa shape index (κ2) is 7.75. The van der Waals surface area contributed by atoms with Crippen molar-refractivity contribution in [2.45, 2.75) is 19.0 Å². The monoisotopic (exact) mass is 415 g/mol. The molecule has 0 saturated carbocycles. The van der Waals surface area contributed by atoms with Crippen LogP contribution >= 0.6 is 0 Å². The molecular formula is C24H21N3O4. The van der Waals surface area contributed by atoms with E-state index < -0.39 is 6.04 Å². The van der Waals surface area contributed by atoms with Crippen LogP contribution in [-0.4, -0.2) is 34.0 Å². The van der Waals surface area contributed by atoms with Crippen molar-refractivity contribution in [2.24, 2.45) is 0 Å². The Morgan fingerprint density at radius 3 is 2.77 bits per heavy atom. The summed E-state index contributed by atoms with van der Waals surface area (Å²) in [4.78, 5) is 32.6. The van der Waals surface area contributed by atoms with Crippen LogP contribution in [0.5, 0.6) is 5.75 Å². The zero-order valence-electron chi connectivity index (χ0n) is 17.0. The molecule has 1 atom stereocenters. The van der Waals surface area contributed by atoms with E-state index in [1.54, 1.807) is 48.8 Å². The molecule has 0 fully saturated rings. The molecule has 3 heterocycles. The number of hydrogen-bond donors (Lipinski definition) is 0. The molecule has 156 valence electrons. The van der Waals surface area contributed by atoms with E-state index in [0.29, 0.717) is 41.8 Å². The van der Waals surface area contributed by atoms with E-state index in [9.17, 15) is 9.59 Å². The molecule has 0 aliphatic carbocycles. The number of carbonyl (C=O) groups is 1. The molecule has 7 nitrogen and oxygen atoms in total. The molecule has 0 N–H and O–H groups in total. The van der Waals surface area contributed by atoms with Crippen LogP contribution in [0.3, 0.4) is 0 Å². The first-order valence-corrected chi connectivity index (χ1v) is 10.1. The topological polar surface area (TPSA) is 77.6 Å². The van der Waals surface area contributed by atoms with E-state index in [0.717, 1.165) is 5.56 Å². The molecule has 31 heavy (non-hydrogen) atoms. The summed E-state index contributed by atoms with van der Waals surface area (Å²) in [5.74, 6) is 0.525. The molecule has 4 aromatic rings. The number of fused-ring (bicyclic) bond motifs is 2. The molecule has 2 aromatic carbocycles. The number of carbonyl (C=O) groups excluding carboxylic acids is 1. The van der Waals surface area contributed by atoms with E-state index >= 15 is 0 Å². The summed E-state index contributed by atoms with van der Waals surface area (Å²) in [6.07, 6.45) is 6.07. The van der Waals surface area contributed by atoms with Gasteiger partial charge in [0.2, 0.25) is 5.76 Å². The van der Waals surface area contributed by atoms with E-state index in [4.69, 9.17) is 9.15 Å². The smallest absolute Gasteiger partial charge is 0.290 e. The highest BCUT2D eigenvalue weighted by molar-refractivity contribution is 5.99. The Hall–Kier alpha value is -3.87. The molecule has 0 radical (unpaired) electrons. The molecule has 7 heteroatoms. The number of ether oxygens (including phenoxy) is 1. The van der Waals surface area contributed by atoms with Crippen LogP contribution in [0.25, 0.3) is 11.0 Å². The summed E-state index contributed by atoms with van der Waals surface area (Å²) >= 11 is 0. The molecule has 2 aromatic heterocycles. The van der Waals surface area contributed by atoms with Gasteiger partial charge < -0.3 is 18.6 Å². The van der Waals surface area contributed by atoms with E-state index in [2.05, 4.69) is 4.98 Å². The minimum atomic E-state index is -0.527. The van der Waals surface area contributed by atoms with Crippen molar-refractivity contribution in [2.75, 3.05) is 13.7 Å². The van der Waals surface area contributed by atoms with Gasteiger partial charge in [-0.2, -0.15) is 0 Å². The minimum absolute atomic E-state index is 0.124. The summed E-state index contributed by atoms with van der Waals surface area (Å²) in [5.41, 5.74) is 1.45. The highest BCUT2D eigenvalue weighted by atomic mass is 16.5. The van der Waals surface area contributed by atoms with Crippen LogP contribution in [0.4, 0.5) is 0 Å². The third-order valence-corrected chi connectivity index (χ3v) is 5.66. The number of para-hydroxylation sites is 1. The van der Waals surface area contributed by atoms with Gasteiger partial charge in [0.25, 0.3) is 5.91 Å². The summed E-state index contributed by atoms with van der Waals surface area (Å²) < 4.78 is 13.3. The van der Waals surface area contributed by atoms with Crippen molar-refractivity contribution in [1.82, 2.24) is 14.5 Å². The number of nitrogens with zero attached hydrogens (tertiary/aromatic N) is 3. The van der Waals surface area contributed by atoms with E-state index in [1.807, 2.05) is 35.0 Å². The normalized spacial score (nSPS) is 15.5. The molecule has 1 aliphatic heterocycles. The summed E-state index contributed by atoms with van der Waals surface area (Å²) in [7, 11) is 1.59. The molecule has 5 rings (SSSR count). The van der Waals surface area contributed by atoms with Gasteiger partial charge in [0.1, 0.15) is 11.3 Å². The number of methoxy groups -OCH3 is 1. The average Bonchev–Trinajstić information content (AvgIpc) is 3.41. The third kappa shape index (κ3) is 3.28. The number of rotatable bonds is 6. The Balaban J connectivity index is 1.60. The van der Waals surface area contributed by atoms with Crippen molar-refractivity contribution in [3.63, 3.8) is 0 Å². The lowest BCUT2D eigenvalue weighted by molar-refractivity contribution is 0.0723. The van der Waals surface area contributed by atoms with Crippen LogP contribution in [0, 0.1) is 0 Å². The van der Waals surface area contributed by atoms with Crippen molar-refractivity contribution in [3.05, 3.63) is 94.4 Å². The maximum Gasteiger partial charge on any atom is 0.290 e. The first kappa shape index (κ1) is 19.1. The number of imidazole rings is 1. The van der Waals surface area contributed by atoms with Crippen LogP contribution in [0.15, 0.2) is 76.5 Å². The number of benzene rings is 2. The maximum atomic E-state index is 13.4.